The maximum Gasteiger partial charge on any atom is 0.271 e. The Hall–Kier alpha value is -2.14. The molecule has 2 N–H and O–H groups in total. The third kappa shape index (κ3) is 3.45. The average molecular weight is 273 g/mol. The van der Waals surface area contributed by atoms with E-state index in [0.717, 1.165) is 5.69 Å². The summed E-state index contributed by atoms with van der Waals surface area (Å²) in [7, 11) is 0. The Morgan fingerprint density at radius 2 is 2.00 bits per heavy atom. The molecule has 0 fully saturated rings. The SMILES string of the molecule is CC(C)C(O)CNC(=O)c1ccn(-c2ccccc2)n1. The molecule has 1 heterocycles. The summed E-state index contributed by atoms with van der Waals surface area (Å²) in [6, 6.07) is 11.2. The van der Waals surface area contributed by atoms with Gasteiger partial charge in [-0.1, -0.05) is 32.0 Å². The van der Waals surface area contributed by atoms with Crippen LogP contribution in [0.15, 0.2) is 42.6 Å². The Balaban J connectivity index is 2.00. The Labute approximate surface area is 118 Å². The van der Waals surface area contributed by atoms with Crippen LogP contribution in [0.2, 0.25) is 0 Å². The van der Waals surface area contributed by atoms with Gasteiger partial charge in [-0.3, -0.25) is 4.79 Å². The van der Waals surface area contributed by atoms with Gasteiger partial charge in [-0.25, -0.2) is 4.68 Å². The Morgan fingerprint density at radius 3 is 2.65 bits per heavy atom. The average Bonchev–Trinajstić information content (AvgIpc) is 2.95. The summed E-state index contributed by atoms with van der Waals surface area (Å²) >= 11 is 0. The van der Waals surface area contributed by atoms with Crippen molar-refractivity contribution in [3.05, 3.63) is 48.3 Å². The van der Waals surface area contributed by atoms with Crippen molar-refractivity contribution in [2.45, 2.75) is 20.0 Å². The fourth-order valence-corrected chi connectivity index (χ4v) is 1.69. The number of benzene rings is 1. The number of amides is 1. The monoisotopic (exact) mass is 273 g/mol. The molecule has 1 amide bonds. The minimum Gasteiger partial charge on any atom is -0.391 e. The molecule has 106 valence electrons. The molecule has 0 bridgehead atoms. The van der Waals surface area contributed by atoms with E-state index in [0.29, 0.717) is 5.69 Å². The number of carbonyl (C=O) groups is 1. The summed E-state index contributed by atoms with van der Waals surface area (Å²) in [4.78, 5) is 11.9. The zero-order valence-corrected chi connectivity index (χ0v) is 11.7. The van der Waals surface area contributed by atoms with E-state index in [1.54, 1.807) is 16.9 Å². The molecule has 1 unspecified atom stereocenters. The van der Waals surface area contributed by atoms with Crippen molar-refractivity contribution in [3.8, 4) is 5.69 Å². The smallest absolute Gasteiger partial charge is 0.271 e. The van der Waals surface area contributed by atoms with Gasteiger partial charge in [0, 0.05) is 12.7 Å². The van der Waals surface area contributed by atoms with Gasteiger partial charge in [0.2, 0.25) is 0 Å². The number of aliphatic hydroxyl groups is 1. The van der Waals surface area contributed by atoms with Crippen LogP contribution in [0.1, 0.15) is 24.3 Å². The topological polar surface area (TPSA) is 67.2 Å². The van der Waals surface area contributed by atoms with Crippen LogP contribution in [0.5, 0.6) is 0 Å². The first-order valence-electron chi connectivity index (χ1n) is 6.65. The Bertz CT molecular complexity index is 564. The van der Waals surface area contributed by atoms with Crippen molar-refractivity contribution >= 4 is 5.91 Å². The van der Waals surface area contributed by atoms with Crippen LogP contribution in [0.3, 0.4) is 0 Å². The van der Waals surface area contributed by atoms with Crippen molar-refractivity contribution in [2.24, 2.45) is 5.92 Å². The first kappa shape index (κ1) is 14.3. The number of carbonyl (C=O) groups excluding carboxylic acids is 1. The van der Waals surface area contributed by atoms with Crippen molar-refractivity contribution in [1.29, 1.82) is 0 Å². The van der Waals surface area contributed by atoms with E-state index in [1.165, 1.54) is 0 Å². The molecule has 5 heteroatoms. The van der Waals surface area contributed by atoms with Crippen molar-refractivity contribution in [3.63, 3.8) is 0 Å². The molecule has 2 aromatic rings. The van der Waals surface area contributed by atoms with Gasteiger partial charge in [-0.05, 0) is 24.1 Å². The van der Waals surface area contributed by atoms with E-state index in [9.17, 15) is 9.90 Å². The molecule has 1 atom stereocenters. The predicted octanol–water partition coefficient (Wildman–Crippen LogP) is 1.62. The summed E-state index contributed by atoms with van der Waals surface area (Å²) in [6.45, 7) is 4.04. The minimum absolute atomic E-state index is 0.108. The van der Waals surface area contributed by atoms with Gasteiger partial charge in [0.15, 0.2) is 5.69 Å². The van der Waals surface area contributed by atoms with Gasteiger partial charge in [0.1, 0.15) is 0 Å². The molecule has 0 saturated heterocycles. The number of nitrogens with one attached hydrogen (secondary N) is 1. The minimum atomic E-state index is -0.546. The number of aromatic nitrogens is 2. The highest BCUT2D eigenvalue weighted by atomic mass is 16.3. The maximum atomic E-state index is 11.9. The van der Waals surface area contributed by atoms with Gasteiger partial charge in [0.25, 0.3) is 5.91 Å². The molecule has 0 aliphatic carbocycles. The van der Waals surface area contributed by atoms with E-state index in [4.69, 9.17) is 0 Å². The van der Waals surface area contributed by atoms with Gasteiger partial charge in [-0.2, -0.15) is 5.10 Å². The molecule has 20 heavy (non-hydrogen) atoms. The maximum absolute atomic E-state index is 11.9. The molecule has 0 radical (unpaired) electrons. The second-order valence-electron chi connectivity index (χ2n) is 5.00. The first-order chi connectivity index (χ1) is 9.58. The zero-order chi connectivity index (χ0) is 14.5. The summed E-state index contributed by atoms with van der Waals surface area (Å²) in [5, 5.41) is 16.6. The zero-order valence-electron chi connectivity index (χ0n) is 11.7. The summed E-state index contributed by atoms with van der Waals surface area (Å²) < 4.78 is 1.65. The molecule has 0 spiro atoms. The van der Waals surface area contributed by atoms with Gasteiger partial charge < -0.3 is 10.4 Å². The van der Waals surface area contributed by atoms with E-state index in [-0.39, 0.29) is 18.4 Å². The summed E-state index contributed by atoms with van der Waals surface area (Å²) in [5.74, 6) is -0.170. The number of rotatable bonds is 5. The molecular formula is C15H19N3O2. The fraction of sp³-hybridized carbons (Fsp3) is 0.333. The number of para-hydroxylation sites is 1. The lowest BCUT2D eigenvalue weighted by atomic mass is 10.1. The molecule has 0 saturated carbocycles. The molecule has 0 aliphatic heterocycles. The third-order valence-corrected chi connectivity index (χ3v) is 3.08. The van der Waals surface area contributed by atoms with E-state index in [2.05, 4.69) is 10.4 Å². The highest BCUT2D eigenvalue weighted by Gasteiger charge is 2.14. The van der Waals surface area contributed by atoms with E-state index in [1.807, 2.05) is 44.2 Å². The van der Waals surface area contributed by atoms with E-state index >= 15 is 0 Å². The first-order valence-corrected chi connectivity index (χ1v) is 6.65. The summed E-state index contributed by atoms with van der Waals surface area (Å²) in [6.07, 6.45) is 1.19. The predicted molar refractivity (Wildman–Crippen MR) is 76.7 cm³/mol. The number of nitrogens with zero attached hydrogens (tertiary/aromatic N) is 2. The lowest BCUT2D eigenvalue weighted by Gasteiger charge is -2.14. The van der Waals surface area contributed by atoms with Crippen LogP contribution in [0.4, 0.5) is 0 Å². The molecule has 1 aromatic carbocycles. The van der Waals surface area contributed by atoms with Crippen LogP contribution in [-0.2, 0) is 0 Å². The van der Waals surface area contributed by atoms with Gasteiger partial charge >= 0.3 is 0 Å². The molecule has 1 aromatic heterocycles. The lowest BCUT2D eigenvalue weighted by molar-refractivity contribution is 0.0867. The van der Waals surface area contributed by atoms with Crippen LogP contribution >= 0.6 is 0 Å². The summed E-state index contributed by atoms with van der Waals surface area (Å²) in [5.41, 5.74) is 1.23. The third-order valence-electron chi connectivity index (χ3n) is 3.08. The quantitative estimate of drug-likeness (QED) is 0.870. The fourth-order valence-electron chi connectivity index (χ4n) is 1.69. The highest BCUT2D eigenvalue weighted by molar-refractivity contribution is 5.92. The number of aliphatic hydroxyl groups excluding tert-OH is 1. The van der Waals surface area contributed by atoms with Crippen molar-refractivity contribution in [1.82, 2.24) is 15.1 Å². The van der Waals surface area contributed by atoms with Gasteiger partial charge in [-0.15, -0.1) is 0 Å². The van der Waals surface area contributed by atoms with Crippen LogP contribution in [-0.4, -0.2) is 33.4 Å². The van der Waals surface area contributed by atoms with Crippen LogP contribution < -0.4 is 5.32 Å². The van der Waals surface area contributed by atoms with Crippen LogP contribution in [0.25, 0.3) is 5.69 Å². The molecular weight excluding hydrogens is 254 g/mol. The van der Waals surface area contributed by atoms with Crippen LogP contribution in [0, 0.1) is 5.92 Å². The Morgan fingerprint density at radius 1 is 1.30 bits per heavy atom. The molecule has 5 nitrogen and oxygen atoms in total. The molecule has 0 aliphatic rings. The van der Waals surface area contributed by atoms with Crippen molar-refractivity contribution < 1.29 is 9.90 Å². The second-order valence-corrected chi connectivity index (χ2v) is 5.00. The van der Waals surface area contributed by atoms with Gasteiger partial charge in [0.05, 0.1) is 11.8 Å². The second kappa shape index (κ2) is 6.34. The number of hydrogen-bond acceptors (Lipinski definition) is 3. The van der Waals surface area contributed by atoms with Crippen molar-refractivity contribution in [2.75, 3.05) is 6.54 Å². The largest absolute Gasteiger partial charge is 0.391 e. The Kier molecular flexibility index (Phi) is 4.53. The number of hydrogen-bond donors (Lipinski definition) is 2. The standard InChI is InChI=1S/C15H19N3O2/c1-11(2)14(19)10-16-15(20)13-8-9-18(17-13)12-6-4-3-5-7-12/h3-9,11,14,19H,10H2,1-2H3,(H,16,20). The normalized spacial score (nSPS) is 12.4. The van der Waals surface area contributed by atoms with E-state index < -0.39 is 6.10 Å². The highest BCUT2D eigenvalue weighted by Crippen LogP contribution is 2.07. The molecule has 2 rings (SSSR count). The lowest BCUT2D eigenvalue weighted by Crippen LogP contribution is -2.34.